The summed E-state index contributed by atoms with van der Waals surface area (Å²) >= 11 is 0. The third-order valence-electron chi connectivity index (χ3n) is 26.3. The fraction of sp³-hybridized carbons (Fsp3) is 0.519. The summed E-state index contributed by atoms with van der Waals surface area (Å²) < 4.78 is 45.3. The SMILES string of the molecule is C=C1CC[C@@H](OC(C)=O)CC12CC(=O)O[C@@H]2/C=C(\C)CCC=C(C)C.C=C1CC[C@@H](OC(C)=O)CC12CC(=O)O[C@@H]2CC(C)CCCC(C)C.CC(=O)O[C@H]1CC2(CC(=O)O[C@@H]2/C=C(\C)CCC=C(C)C)C(=O)C[C@@H]1N(C(=O)c1ccccc1)c1ccccc1.CC(=O)O[C@H]1CC2(CC(=O)O[C@@H]2/C=C(\C)CCC=C(C)C)C(=O)C[C@H]1N(C(=O)c1ccccc1)c1ccccc1. The van der Waals surface area contributed by atoms with Crippen LogP contribution in [0.25, 0.3) is 0 Å². The standard InChI is InChI=1S/2C33H37NO6.C21H34O4.C21H30O4/c2*1-22(2)12-11-13-23(3)18-30-33(21-31(37)40-30)20-28(39-24(4)35)27(19-29(33)36)34(26-16-9-6-10-17-26)32(38)25-14-7-5-8-15-25;2*1-14(2)7-6-8-15(3)11-19-21(13-20(23)25-19)12-18(24-17(5)22)10-9-16(21)4/h2*5-10,12,14-18,27-28,30H,11,13,19-21H2,1-4H3;14-15,18-19H,4,6-13H2,1-3,5H3;7,11,18-19H,4,6,8-10,12-13H2,1-3,5H3/b2*23-18+;;15-11+/t27-,28+,30-,33?;27-,28-,30+,33?;15?,18-,19-,21?;18-,19-,21?/m1011/s1. The first-order chi connectivity index (χ1) is 61.7. The number of benzene rings is 4. The molecule has 2 amide bonds. The molecule has 8 fully saturated rings. The zero-order valence-electron chi connectivity index (χ0n) is 79.4. The number of nitrogens with zero attached hydrogens (tertiary/aromatic N) is 2. The maximum absolute atomic E-state index is 14.0. The van der Waals surface area contributed by atoms with E-state index < -0.39 is 76.6 Å². The van der Waals surface area contributed by atoms with E-state index in [0.717, 1.165) is 105 Å². The quantitative estimate of drug-likeness (QED) is 0.0290. The number of esters is 8. The minimum absolute atomic E-state index is 0.0790. The number of cyclic esters (lactones) is 4. The lowest BCUT2D eigenvalue weighted by molar-refractivity contribution is -0.157. The third-order valence-corrected chi connectivity index (χ3v) is 26.3. The molecule has 0 radical (unpaired) electrons. The second-order valence-corrected chi connectivity index (χ2v) is 38.2. The van der Waals surface area contributed by atoms with Crippen molar-refractivity contribution in [3.63, 3.8) is 0 Å². The van der Waals surface area contributed by atoms with Crippen LogP contribution in [0, 0.1) is 33.5 Å². The van der Waals surface area contributed by atoms with Gasteiger partial charge in [-0.1, -0.05) is 189 Å². The molecule has 4 aliphatic heterocycles. The summed E-state index contributed by atoms with van der Waals surface area (Å²) in [6, 6.07) is 34.2. The number of carbonyl (C=O) groups is 12. The summed E-state index contributed by atoms with van der Waals surface area (Å²) in [6.07, 6.45) is 23.0. The molecule has 0 bridgehead atoms. The van der Waals surface area contributed by atoms with Crippen LogP contribution in [-0.4, -0.2) is 132 Å². The number of ether oxygens (including phenoxy) is 8. The molecular formula is C108H138N2O20. The average molecular weight is 1780 g/mol. The fourth-order valence-corrected chi connectivity index (χ4v) is 19.7. The van der Waals surface area contributed by atoms with Crippen LogP contribution in [0.1, 0.15) is 286 Å². The van der Waals surface area contributed by atoms with Gasteiger partial charge in [-0.3, -0.25) is 57.5 Å². The molecule has 5 unspecified atom stereocenters. The first kappa shape index (κ1) is 103. The van der Waals surface area contributed by atoms with Gasteiger partial charge < -0.3 is 47.7 Å². The van der Waals surface area contributed by atoms with Gasteiger partial charge in [0, 0.05) is 86.7 Å². The Balaban J connectivity index is 0.000000200. The summed E-state index contributed by atoms with van der Waals surface area (Å²) in [5.41, 5.74) is 8.11. The van der Waals surface area contributed by atoms with Crippen LogP contribution in [0.4, 0.5) is 11.4 Å². The first-order valence-corrected chi connectivity index (χ1v) is 46.4. The van der Waals surface area contributed by atoms with E-state index in [1.54, 1.807) is 82.6 Å². The molecule has 4 aromatic carbocycles. The van der Waals surface area contributed by atoms with Crippen molar-refractivity contribution >= 4 is 82.5 Å². The molecule has 130 heavy (non-hydrogen) atoms. The topological polar surface area (TPSA) is 285 Å². The van der Waals surface area contributed by atoms with E-state index in [9.17, 15) is 57.5 Å². The van der Waals surface area contributed by atoms with E-state index >= 15 is 0 Å². The van der Waals surface area contributed by atoms with Crippen LogP contribution in [0.2, 0.25) is 0 Å². The number of Topliss-reactive ketones (excluding diaryl/α,β-unsaturated/α-hetero) is 2. The van der Waals surface area contributed by atoms with Crippen molar-refractivity contribution < 1.29 is 95.4 Å². The van der Waals surface area contributed by atoms with Gasteiger partial charge in [-0.05, 0) is 224 Å². The lowest BCUT2D eigenvalue weighted by atomic mass is 9.64. The van der Waals surface area contributed by atoms with E-state index in [4.69, 9.17) is 37.9 Å². The minimum atomic E-state index is -1.16. The molecule has 4 saturated carbocycles. The zero-order valence-corrected chi connectivity index (χ0v) is 79.4. The smallest absolute Gasteiger partial charge is 0.307 e. The van der Waals surface area contributed by atoms with Gasteiger partial charge in [0.15, 0.2) is 0 Å². The van der Waals surface area contributed by atoms with Crippen molar-refractivity contribution in [2.75, 3.05) is 9.80 Å². The van der Waals surface area contributed by atoms with E-state index in [2.05, 4.69) is 79.0 Å². The maximum atomic E-state index is 14.0. The van der Waals surface area contributed by atoms with Gasteiger partial charge in [0.05, 0.1) is 48.6 Å². The normalized spacial score (nSPS) is 26.6. The number of ketones is 2. The van der Waals surface area contributed by atoms with Gasteiger partial charge in [0.1, 0.15) is 60.4 Å². The molecule has 4 heterocycles. The lowest BCUT2D eigenvalue weighted by Gasteiger charge is -2.45. The van der Waals surface area contributed by atoms with Crippen LogP contribution in [-0.2, 0) is 85.8 Å². The van der Waals surface area contributed by atoms with E-state index in [1.165, 1.54) is 62.8 Å². The Kier molecular flexibility index (Phi) is 37.2. The van der Waals surface area contributed by atoms with Gasteiger partial charge in [0.2, 0.25) is 0 Å². The summed E-state index contributed by atoms with van der Waals surface area (Å²) in [5.74, 6) is -2.51. The van der Waals surface area contributed by atoms with Crippen molar-refractivity contribution in [2.45, 2.75) is 326 Å². The van der Waals surface area contributed by atoms with Crippen LogP contribution in [0.5, 0.6) is 0 Å². The van der Waals surface area contributed by atoms with Gasteiger partial charge >= 0.3 is 47.8 Å². The highest BCUT2D eigenvalue weighted by Gasteiger charge is 2.63. The molecule has 12 rings (SSSR count). The molecule has 8 aliphatic rings. The van der Waals surface area contributed by atoms with Gasteiger partial charge in [-0.2, -0.15) is 0 Å². The van der Waals surface area contributed by atoms with E-state index in [1.807, 2.05) is 102 Å². The Labute approximate surface area is 769 Å². The molecule has 4 spiro atoms. The van der Waals surface area contributed by atoms with Gasteiger partial charge in [-0.15, -0.1) is 0 Å². The first-order valence-electron chi connectivity index (χ1n) is 46.4. The maximum Gasteiger partial charge on any atom is 0.307 e. The molecule has 4 aromatic rings. The molecule has 4 aliphatic carbocycles. The predicted octanol–water partition coefficient (Wildman–Crippen LogP) is 21.4. The summed E-state index contributed by atoms with van der Waals surface area (Å²) in [6.45, 7) is 39.1. The van der Waals surface area contributed by atoms with Crippen molar-refractivity contribution in [3.05, 3.63) is 227 Å². The van der Waals surface area contributed by atoms with Crippen LogP contribution in [0.3, 0.4) is 0 Å². The van der Waals surface area contributed by atoms with Gasteiger partial charge in [-0.25, -0.2) is 0 Å². The highest BCUT2D eigenvalue weighted by atomic mass is 16.6. The Hall–Kier alpha value is -11.2. The number of hydrogen-bond acceptors (Lipinski definition) is 20. The number of para-hydroxylation sites is 2. The van der Waals surface area contributed by atoms with Gasteiger partial charge in [0.25, 0.3) is 11.8 Å². The largest absolute Gasteiger partial charge is 0.463 e. The average Bonchev–Trinajstić information content (AvgIpc) is 1.58. The predicted molar refractivity (Wildman–Crippen MR) is 501 cm³/mol. The number of carbonyl (C=O) groups excluding carboxylic acids is 12. The lowest BCUT2D eigenvalue weighted by Crippen LogP contribution is -2.58. The number of amides is 2. The second kappa shape index (κ2) is 47.1. The summed E-state index contributed by atoms with van der Waals surface area (Å²) in [7, 11) is 0. The Morgan fingerprint density at radius 3 is 1.09 bits per heavy atom. The van der Waals surface area contributed by atoms with E-state index in [0.29, 0.717) is 54.1 Å². The zero-order chi connectivity index (χ0) is 95.0. The molecule has 4 saturated heterocycles. The van der Waals surface area contributed by atoms with Crippen molar-refractivity contribution in [3.8, 4) is 0 Å². The summed E-state index contributed by atoms with van der Waals surface area (Å²) in [5, 5.41) is 0. The number of rotatable bonds is 28. The third kappa shape index (κ3) is 27.5. The molecule has 15 atom stereocenters. The van der Waals surface area contributed by atoms with Crippen molar-refractivity contribution in [1.29, 1.82) is 0 Å². The highest BCUT2D eigenvalue weighted by Crippen LogP contribution is 2.56. The number of anilines is 2. The highest BCUT2D eigenvalue weighted by molar-refractivity contribution is 6.09. The van der Waals surface area contributed by atoms with Crippen LogP contribution >= 0.6 is 0 Å². The molecule has 700 valence electrons. The summed E-state index contributed by atoms with van der Waals surface area (Å²) in [4.78, 5) is 156. The number of allylic oxidation sites excluding steroid dienone is 9. The molecule has 22 nitrogen and oxygen atoms in total. The molecule has 0 N–H and O–H groups in total. The number of hydrogen-bond donors (Lipinski definition) is 0. The Bertz CT molecular complexity index is 4700. The molecule has 0 aromatic heterocycles. The Morgan fingerprint density at radius 2 is 0.738 bits per heavy atom. The van der Waals surface area contributed by atoms with Crippen molar-refractivity contribution in [2.24, 2.45) is 33.5 Å². The van der Waals surface area contributed by atoms with Crippen LogP contribution < -0.4 is 9.80 Å². The van der Waals surface area contributed by atoms with Crippen LogP contribution in [0.15, 0.2) is 216 Å². The molecular weight excluding hydrogens is 1650 g/mol. The second-order valence-electron chi connectivity index (χ2n) is 38.2. The monoisotopic (exact) mass is 1780 g/mol. The van der Waals surface area contributed by atoms with E-state index in [-0.39, 0.29) is 116 Å². The minimum Gasteiger partial charge on any atom is -0.463 e. The molecule has 22 heteroatoms. The fourth-order valence-electron chi connectivity index (χ4n) is 19.7. The van der Waals surface area contributed by atoms with Crippen molar-refractivity contribution in [1.82, 2.24) is 0 Å². The Morgan fingerprint density at radius 1 is 0.415 bits per heavy atom.